The van der Waals surface area contributed by atoms with Gasteiger partial charge in [-0.25, -0.2) is 9.78 Å². The maximum absolute atomic E-state index is 12.6. The number of likely N-dealkylation sites (tertiary alicyclic amines) is 1. The van der Waals surface area contributed by atoms with Crippen LogP contribution in [0.3, 0.4) is 0 Å². The molecule has 1 aromatic heterocycles. The Hall–Kier alpha value is -1.85. The summed E-state index contributed by atoms with van der Waals surface area (Å²) in [6, 6.07) is -0.722. The van der Waals surface area contributed by atoms with Gasteiger partial charge in [0.2, 0.25) is 5.76 Å². The zero-order valence-electron chi connectivity index (χ0n) is 11.6. The molecule has 2 heterocycles. The lowest BCUT2D eigenvalue weighted by atomic mass is 9.94. The summed E-state index contributed by atoms with van der Waals surface area (Å²) < 4.78 is 5.34. The second kappa shape index (κ2) is 4.61. The molecule has 20 heavy (non-hydrogen) atoms. The summed E-state index contributed by atoms with van der Waals surface area (Å²) in [5, 5.41) is 9.46. The highest BCUT2D eigenvalue weighted by Crippen LogP contribution is 2.42. The quantitative estimate of drug-likeness (QED) is 0.888. The summed E-state index contributed by atoms with van der Waals surface area (Å²) in [6.45, 7) is 3.90. The second-order valence-corrected chi connectivity index (χ2v) is 5.74. The summed E-state index contributed by atoms with van der Waals surface area (Å²) in [5.74, 6) is -0.262. The van der Waals surface area contributed by atoms with Crippen molar-refractivity contribution in [2.45, 2.75) is 39.2 Å². The molecule has 0 aromatic carbocycles. The summed E-state index contributed by atoms with van der Waals surface area (Å²) in [4.78, 5) is 29.6. The molecule has 1 aliphatic carbocycles. The molecule has 3 atom stereocenters. The SMILES string of the molecule is Cc1nc(C)c(C(=O)N2CC3CCCC3C2C(=O)O)o1. The Morgan fingerprint density at radius 3 is 2.70 bits per heavy atom. The third kappa shape index (κ3) is 1.90. The van der Waals surface area contributed by atoms with E-state index in [0.717, 1.165) is 19.3 Å². The van der Waals surface area contributed by atoms with Crippen molar-refractivity contribution in [1.82, 2.24) is 9.88 Å². The van der Waals surface area contributed by atoms with E-state index in [-0.39, 0.29) is 17.6 Å². The van der Waals surface area contributed by atoms with Crippen molar-refractivity contribution in [1.29, 1.82) is 0 Å². The van der Waals surface area contributed by atoms with Crippen LogP contribution in [-0.2, 0) is 4.79 Å². The van der Waals surface area contributed by atoms with E-state index in [9.17, 15) is 14.7 Å². The molecule has 1 N–H and O–H groups in total. The van der Waals surface area contributed by atoms with Crippen LogP contribution in [0.5, 0.6) is 0 Å². The van der Waals surface area contributed by atoms with E-state index in [2.05, 4.69) is 4.98 Å². The fraction of sp³-hybridized carbons (Fsp3) is 0.643. The fourth-order valence-corrected chi connectivity index (χ4v) is 3.69. The van der Waals surface area contributed by atoms with E-state index in [4.69, 9.17) is 4.42 Å². The molecule has 3 unspecified atom stereocenters. The Balaban J connectivity index is 1.91. The highest BCUT2D eigenvalue weighted by atomic mass is 16.4. The van der Waals surface area contributed by atoms with Crippen LogP contribution in [-0.4, -0.2) is 39.5 Å². The zero-order valence-corrected chi connectivity index (χ0v) is 11.6. The number of amides is 1. The van der Waals surface area contributed by atoms with Gasteiger partial charge in [0, 0.05) is 13.5 Å². The normalized spacial score (nSPS) is 28.7. The number of carboxylic acid groups (broad SMARTS) is 1. The lowest BCUT2D eigenvalue weighted by molar-refractivity contribution is -0.142. The van der Waals surface area contributed by atoms with Crippen LogP contribution >= 0.6 is 0 Å². The summed E-state index contributed by atoms with van der Waals surface area (Å²) >= 11 is 0. The van der Waals surface area contributed by atoms with Gasteiger partial charge in [-0.15, -0.1) is 0 Å². The minimum Gasteiger partial charge on any atom is -0.480 e. The number of aryl methyl sites for hydroxylation is 2. The molecule has 6 nitrogen and oxygen atoms in total. The Morgan fingerprint density at radius 1 is 1.35 bits per heavy atom. The number of aromatic nitrogens is 1. The van der Waals surface area contributed by atoms with Crippen LogP contribution in [0.25, 0.3) is 0 Å². The average molecular weight is 278 g/mol. The Labute approximate surface area is 116 Å². The predicted molar refractivity (Wildman–Crippen MR) is 69.3 cm³/mol. The van der Waals surface area contributed by atoms with Crippen LogP contribution in [0.4, 0.5) is 0 Å². The van der Waals surface area contributed by atoms with Crippen molar-refractivity contribution in [3.8, 4) is 0 Å². The maximum Gasteiger partial charge on any atom is 0.326 e. The van der Waals surface area contributed by atoms with Gasteiger partial charge in [-0.1, -0.05) is 6.42 Å². The fourth-order valence-electron chi connectivity index (χ4n) is 3.69. The molecule has 1 saturated carbocycles. The molecule has 1 aliphatic heterocycles. The third-order valence-corrected chi connectivity index (χ3v) is 4.50. The molecule has 2 fully saturated rings. The van der Waals surface area contributed by atoms with Crippen molar-refractivity contribution in [3.05, 3.63) is 17.3 Å². The molecule has 1 amide bonds. The number of hydrogen-bond acceptors (Lipinski definition) is 4. The number of rotatable bonds is 2. The van der Waals surface area contributed by atoms with Crippen molar-refractivity contribution in [2.24, 2.45) is 11.8 Å². The molecule has 0 radical (unpaired) electrons. The van der Waals surface area contributed by atoms with Gasteiger partial charge in [0.25, 0.3) is 5.91 Å². The first-order valence-electron chi connectivity index (χ1n) is 6.97. The van der Waals surface area contributed by atoms with E-state index in [0.29, 0.717) is 24.0 Å². The van der Waals surface area contributed by atoms with Crippen molar-refractivity contribution < 1.29 is 19.1 Å². The van der Waals surface area contributed by atoms with Gasteiger partial charge in [-0.05, 0) is 31.6 Å². The molecular formula is C14H18N2O4. The number of carboxylic acids is 1. The Morgan fingerprint density at radius 2 is 2.10 bits per heavy atom. The van der Waals surface area contributed by atoms with Gasteiger partial charge in [-0.3, -0.25) is 4.79 Å². The van der Waals surface area contributed by atoms with Crippen LogP contribution in [0.1, 0.15) is 41.4 Å². The standard InChI is InChI=1S/C14H18N2O4/c1-7-12(20-8(2)15-7)13(17)16-6-9-4-3-5-10(9)11(16)14(18)19/h9-11H,3-6H2,1-2H3,(H,18,19). The van der Waals surface area contributed by atoms with Crippen LogP contribution < -0.4 is 0 Å². The number of carbonyl (C=O) groups is 2. The van der Waals surface area contributed by atoms with E-state index in [1.165, 1.54) is 4.90 Å². The maximum atomic E-state index is 12.6. The van der Waals surface area contributed by atoms with Crippen molar-refractivity contribution in [3.63, 3.8) is 0 Å². The minimum absolute atomic E-state index is 0.0841. The predicted octanol–water partition coefficient (Wildman–Crippen LogP) is 1.62. The first kappa shape index (κ1) is 13.1. The minimum atomic E-state index is -0.915. The van der Waals surface area contributed by atoms with Crippen LogP contribution in [0, 0.1) is 25.7 Å². The molecule has 3 rings (SSSR count). The molecule has 2 aliphatic rings. The first-order valence-corrected chi connectivity index (χ1v) is 6.97. The summed E-state index contributed by atoms with van der Waals surface area (Å²) in [6.07, 6.45) is 2.95. The smallest absolute Gasteiger partial charge is 0.326 e. The zero-order chi connectivity index (χ0) is 14.4. The number of oxazole rings is 1. The van der Waals surface area contributed by atoms with Gasteiger partial charge in [0.05, 0.1) is 5.69 Å². The number of aliphatic carboxylic acids is 1. The van der Waals surface area contributed by atoms with E-state index in [1.54, 1.807) is 13.8 Å². The average Bonchev–Trinajstić information content (AvgIpc) is 3.00. The van der Waals surface area contributed by atoms with E-state index < -0.39 is 12.0 Å². The summed E-state index contributed by atoms with van der Waals surface area (Å²) in [7, 11) is 0. The molecule has 6 heteroatoms. The molecule has 1 saturated heterocycles. The molecule has 108 valence electrons. The van der Waals surface area contributed by atoms with Gasteiger partial charge in [0.15, 0.2) is 5.89 Å². The molecule has 0 bridgehead atoms. The van der Waals surface area contributed by atoms with E-state index >= 15 is 0 Å². The highest BCUT2D eigenvalue weighted by molar-refractivity contribution is 5.95. The number of nitrogens with zero attached hydrogens (tertiary/aromatic N) is 2. The topological polar surface area (TPSA) is 83.6 Å². The highest BCUT2D eigenvalue weighted by Gasteiger charge is 2.50. The van der Waals surface area contributed by atoms with E-state index in [1.807, 2.05) is 0 Å². The monoisotopic (exact) mass is 278 g/mol. The van der Waals surface area contributed by atoms with Gasteiger partial charge in [0.1, 0.15) is 6.04 Å². The second-order valence-electron chi connectivity index (χ2n) is 5.74. The Bertz CT molecular complexity index is 566. The Kier molecular flexibility index (Phi) is 3.03. The van der Waals surface area contributed by atoms with Gasteiger partial charge < -0.3 is 14.4 Å². The first-order chi connectivity index (χ1) is 9.49. The number of fused-ring (bicyclic) bond motifs is 1. The van der Waals surface area contributed by atoms with Gasteiger partial charge in [-0.2, -0.15) is 0 Å². The van der Waals surface area contributed by atoms with Crippen molar-refractivity contribution in [2.75, 3.05) is 6.54 Å². The molecular weight excluding hydrogens is 260 g/mol. The number of hydrogen-bond donors (Lipinski definition) is 1. The lowest BCUT2D eigenvalue weighted by Gasteiger charge is -2.23. The van der Waals surface area contributed by atoms with Crippen molar-refractivity contribution >= 4 is 11.9 Å². The van der Waals surface area contributed by atoms with Crippen LogP contribution in [0.2, 0.25) is 0 Å². The lowest BCUT2D eigenvalue weighted by Crippen LogP contribution is -2.43. The third-order valence-electron chi connectivity index (χ3n) is 4.50. The van der Waals surface area contributed by atoms with Crippen LogP contribution in [0.15, 0.2) is 4.42 Å². The molecule has 0 spiro atoms. The molecule has 1 aromatic rings. The van der Waals surface area contributed by atoms with Gasteiger partial charge >= 0.3 is 5.97 Å². The number of carbonyl (C=O) groups excluding carboxylic acids is 1. The summed E-state index contributed by atoms with van der Waals surface area (Å²) in [5.41, 5.74) is 0.522. The largest absolute Gasteiger partial charge is 0.480 e.